The molecule has 8 amide bonds. The van der Waals surface area contributed by atoms with Crippen LogP contribution in [0.15, 0.2) is 72.2 Å². The standard InChI is InChI=1S/C37H45ClN7O11P.C12H12N2OS.C10H19NO2/c1-20(46)44-15-14-25-10-12-29(35(50)41-24(9-13-32(40)48)19-56-30-6-2-4-21(33(30)38)5-3-7-31(39)47)45(25)36(51)28(18-44)43-34(49)27-17-23-16-22(8-11-26(23)42-27)37(52)57(53,54)55;1-9-12(16-8-14-9)11-4-2-10(3-5-11)6-13-7-15;1-10(2,3)6-9(13)11-5-4-8(12)7-11/h2,4,6,8,11,16-17,24-25,28-29,42H,3,5,7,9-10,12-15,18-19H2,1H3,(H2,39,47)(H2,40,48)(H,41,50)(H,43,49)(H2,53,54,55);2-5,7-8H,6H2,1H3,(H,13,15);8,12H,4-7H2,1-3H3. The maximum Gasteiger partial charge on any atom is 0.396 e. The lowest BCUT2D eigenvalue weighted by atomic mass is 9.92. The van der Waals surface area contributed by atoms with Gasteiger partial charge in [-0.2, -0.15) is 0 Å². The van der Waals surface area contributed by atoms with Crippen molar-refractivity contribution >= 4 is 94.7 Å². The number of H-pyrrole nitrogens is 1. The monoisotopic (exact) mass is 1250 g/mol. The molecule has 3 aliphatic rings. The second-order valence-electron chi connectivity index (χ2n) is 22.7. The molecule has 0 bridgehead atoms. The topological polar surface area (TPSA) is 367 Å². The van der Waals surface area contributed by atoms with Gasteiger partial charge in [-0.25, -0.2) is 4.98 Å². The minimum absolute atomic E-state index is 0.0316. The minimum atomic E-state index is -5.06. The molecule has 0 radical (unpaired) electrons. The fourth-order valence-corrected chi connectivity index (χ4v) is 11.7. The van der Waals surface area contributed by atoms with E-state index in [0.717, 1.165) is 29.8 Å². The summed E-state index contributed by atoms with van der Waals surface area (Å²) >= 11 is 8.24. The number of carbonyl (C=O) groups is 9. The molecule has 5 unspecified atom stereocenters. The first-order valence-electron chi connectivity index (χ1n) is 28.1. The molecule has 3 aromatic carbocycles. The normalized spacial score (nSPS) is 18.0. The number of rotatable bonds is 21. The highest BCUT2D eigenvalue weighted by atomic mass is 35.5. The molecule has 8 rings (SSSR count). The summed E-state index contributed by atoms with van der Waals surface area (Å²) in [6.07, 6.45) is 4.01. The third-order valence-corrected chi connectivity index (χ3v) is 16.8. The quantitative estimate of drug-likeness (QED) is 0.0350. The van der Waals surface area contributed by atoms with E-state index in [2.05, 4.69) is 58.8 Å². The molecule has 3 aliphatic heterocycles. The Morgan fingerprint density at radius 2 is 1.65 bits per heavy atom. The molecule has 5 aromatic rings. The Kier molecular flexibility index (Phi) is 24.1. The van der Waals surface area contributed by atoms with Gasteiger partial charge in [0.2, 0.25) is 41.9 Å². The summed E-state index contributed by atoms with van der Waals surface area (Å²) in [5.41, 5.74) is 15.4. The third-order valence-electron chi connectivity index (χ3n) is 14.6. The van der Waals surface area contributed by atoms with Gasteiger partial charge >= 0.3 is 7.60 Å². The molecule has 27 heteroatoms. The fourth-order valence-electron chi connectivity index (χ4n) is 10.2. The summed E-state index contributed by atoms with van der Waals surface area (Å²) in [7, 11) is -5.06. The molecule has 0 saturated carbocycles. The van der Waals surface area contributed by atoms with E-state index in [1.807, 2.05) is 24.6 Å². The van der Waals surface area contributed by atoms with Crippen molar-refractivity contribution in [3.8, 4) is 16.2 Å². The van der Waals surface area contributed by atoms with Gasteiger partial charge < -0.3 is 66.7 Å². The highest BCUT2D eigenvalue weighted by molar-refractivity contribution is 7.70. The highest BCUT2D eigenvalue weighted by Crippen LogP contribution is 2.40. The van der Waals surface area contributed by atoms with Crippen molar-refractivity contribution in [1.82, 2.24) is 40.6 Å². The summed E-state index contributed by atoms with van der Waals surface area (Å²) in [5.74, 6) is -2.69. The molecule has 0 aliphatic carbocycles. The van der Waals surface area contributed by atoms with Crippen LogP contribution in [0, 0.1) is 12.3 Å². The van der Waals surface area contributed by atoms with Crippen LogP contribution in [-0.4, -0.2) is 156 Å². The molecule has 11 N–H and O–H groups in total. The molecule has 464 valence electrons. The van der Waals surface area contributed by atoms with E-state index >= 15 is 0 Å². The number of hydrogen-bond donors (Lipinski definition) is 9. The van der Waals surface area contributed by atoms with E-state index in [1.54, 1.807) is 34.4 Å². The summed E-state index contributed by atoms with van der Waals surface area (Å²) in [4.78, 5) is 143. The number of aromatic nitrogens is 2. The number of benzene rings is 3. The van der Waals surface area contributed by atoms with Crippen LogP contribution in [0.2, 0.25) is 5.02 Å². The van der Waals surface area contributed by atoms with Crippen molar-refractivity contribution in [3.63, 3.8) is 0 Å². The molecule has 5 heterocycles. The molecule has 86 heavy (non-hydrogen) atoms. The number of β-amino-alcohol motifs (C(OH)–C–C–N with tert-alkyl or cyclic N) is 1. The zero-order valence-electron chi connectivity index (χ0n) is 48.7. The minimum Gasteiger partial charge on any atom is -0.490 e. The molecule has 3 saturated heterocycles. The number of aliphatic hydroxyl groups excluding tert-OH is 1. The van der Waals surface area contributed by atoms with Crippen molar-refractivity contribution in [2.24, 2.45) is 16.9 Å². The Morgan fingerprint density at radius 1 is 0.942 bits per heavy atom. The number of nitrogens with two attached hydrogens (primary N) is 2. The van der Waals surface area contributed by atoms with Gasteiger partial charge in [-0.1, -0.05) is 68.8 Å². The van der Waals surface area contributed by atoms with Gasteiger partial charge in [-0.15, -0.1) is 11.3 Å². The summed E-state index contributed by atoms with van der Waals surface area (Å²) in [6.45, 7) is 11.3. The molecule has 24 nitrogen and oxygen atoms in total. The number of amides is 8. The lowest BCUT2D eigenvalue weighted by Crippen LogP contribution is -2.61. The van der Waals surface area contributed by atoms with Gasteiger partial charge in [0.15, 0.2) is 0 Å². The highest BCUT2D eigenvalue weighted by Gasteiger charge is 2.46. The van der Waals surface area contributed by atoms with E-state index < -0.39 is 66.8 Å². The van der Waals surface area contributed by atoms with Gasteiger partial charge in [0.25, 0.3) is 11.4 Å². The van der Waals surface area contributed by atoms with Gasteiger partial charge in [-0.05, 0) is 104 Å². The molecular formula is C59H76ClN10O14PS. The number of halogens is 1. The van der Waals surface area contributed by atoms with Crippen molar-refractivity contribution in [1.29, 1.82) is 0 Å². The Balaban J connectivity index is 0.000000328. The number of likely N-dealkylation sites (tertiary alicyclic amines) is 1. The maximum atomic E-state index is 14.4. The predicted octanol–water partition coefficient (Wildman–Crippen LogP) is 4.87. The Bertz CT molecular complexity index is 3310. The number of hydrogen-bond acceptors (Lipinski definition) is 14. The first kappa shape index (κ1) is 67.6. The second kappa shape index (κ2) is 30.7. The van der Waals surface area contributed by atoms with Crippen LogP contribution in [0.1, 0.15) is 123 Å². The Hall–Kier alpha value is -7.54. The van der Waals surface area contributed by atoms with E-state index in [9.17, 15) is 62.6 Å². The Morgan fingerprint density at radius 3 is 2.27 bits per heavy atom. The molecule has 2 aromatic heterocycles. The van der Waals surface area contributed by atoms with Crippen molar-refractivity contribution < 1.29 is 67.3 Å². The molecular weight excluding hydrogens is 1170 g/mol. The maximum absolute atomic E-state index is 14.4. The number of thiazole rings is 1. The van der Waals surface area contributed by atoms with Gasteiger partial charge in [0.05, 0.1) is 33.3 Å². The number of primary amides is 2. The number of aliphatic hydroxyl groups is 1. The van der Waals surface area contributed by atoms with Crippen LogP contribution in [0.5, 0.6) is 5.75 Å². The number of nitrogens with zero attached hydrogens (tertiary/aromatic N) is 4. The van der Waals surface area contributed by atoms with Crippen LogP contribution in [0.3, 0.4) is 0 Å². The van der Waals surface area contributed by atoms with Crippen LogP contribution in [0.25, 0.3) is 21.3 Å². The fraction of sp³-hybridized carbons (Fsp3) is 0.458. The average Bonchev–Trinajstić information content (AvgIpc) is 2.72. The number of aryl methyl sites for hydroxylation is 2. The van der Waals surface area contributed by atoms with Gasteiger partial charge in [-0.3, -0.25) is 47.7 Å². The number of carbonyl (C=O) groups excluding carboxylic acids is 9. The van der Waals surface area contributed by atoms with Crippen molar-refractivity contribution in [3.05, 3.63) is 105 Å². The molecule has 3 fully saturated rings. The largest absolute Gasteiger partial charge is 0.490 e. The van der Waals surface area contributed by atoms with Gasteiger partial charge in [0, 0.05) is 81.4 Å². The summed E-state index contributed by atoms with van der Waals surface area (Å²) in [6, 6.07) is 15.1. The summed E-state index contributed by atoms with van der Waals surface area (Å²) in [5, 5.41) is 18.1. The SMILES string of the molecule is CC(=O)N1CCC2CCC(C(=O)NC(CCC(N)=O)COc3cccc(CCCC(N)=O)c3Cl)N2C(=O)C(NC(=O)c2cc3cc(C(=O)P(=O)(O)O)ccc3[nH]2)C1.CC(C)(C)CC(=O)N1CCC(O)C1.Cc1ncsc1-c1ccc(CNC=O)cc1. The molecule has 5 atom stereocenters. The lowest BCUT2D eigenvalue weighted by Gasteiger charge is -2.38. The lowest BCUT2D eigenvalue weighted by molar-refractivity contribution is -0.145. The van der Waals surface area contributed by atoms with Crippen LogP contribution in [-0.2, 0) is 51.1 Å². The van der Waals surface area contributed by atoms with Gasteiger partial charge in [0.1, 0.15) is 30.1 Å². The number of nitrogens with one attached hydrogen (secondary N) is 4. The average molecular weight is 1250 g/mol. The van der Waals surface area contributed by atoms with Crippen LogP contribution in [0.4, 0.5) is 0 Å². The smallest absolute Gasteiger partial charge is 0.396 e. The number of fused-ring (bicyclic) bond motifs is 2. The number of ether oxygens (including phenoxy) is 1. The van der Waals surface area contributed by atoms with E-state index in [4.69, 9.17) is 27.8 Å². The predicted molar refractivity (Wildman–Crippen MR) is 322 cm³/mol. The van der Waals surface area contributed by atoms with E-state index in [1.165, 1.54) is 51.4 Å². The van der Waals surface area contributed by atoms with Crippen LogP contribution >= 0.6 is 30.5 Å². The zero-order valence-corrected chi connectivity index (χ0v) is 51.2. The first-order valence-corrected chi connectivity index (χ1v) is 31.0. The van der Waals surface area contributed by atoms with Crippen molar-refractivity contribution in [2.45, 2.75) is 136 Å². The Labute approximate surface area is 507 Å². The second-order valence-corrected chi connectivity index (χ2v) is 25.4. The summed E-state index contributed by atoms with van der Waals surface area (Å²) < 4.78 is 17.5. The first-order chi connectivity index (χ1) is 40.6. The van der Waals surface area contributed by atoms with Crippen LogP contribution < -0.4 is 32.2 Å². The molecule has 0 spiro atoms. The zero-order chi connectivity index (χ0) is 63.0. The third kappa shape index (κ3) is 19.5. The number of aromatic amines is 1. The van der Waals surface area contributed by atoms with Crippen molar-refractivity contribution in [2.75, 3.05) is 32.8 Å². The van der Waals surface area contributed by atoms with E-state index in [0.29, 0.717) is 73.3 Å². The van der Waals surface area contributed by atoms with E-state index in [-0.39, 0.29) is 80.0 Å².